The topological polar surface area (TPSA) is 37.4 Å². The highest BCUT2D eigenvalue weighted by Gasteiger charge is 2.20. The molecule has 0 spiro atoms. The fraction of sp³-hybridized carbons (Fsp3) is 0.667. The Labute approximate surface area is 116 Å². The minimum Gasteiger partial charge on any atom is -0.385 e. The molecular weight excluding hydrogens is 238 g/mol. The number of pyridine rings is 1. The first kappa shape index (κ1) is 14.3. The van der Waals surface area contributed by atoms with Gasteiger partial charge in [0.2, 0.25) is 0 Å². The zero-order valence-electron chi connectivity index (χ0n) is 12.1. The first-order valence-electron chi connectivity index (χ1n) is 7.22. The molecule has 0 aromatic carbocycles. The molecule has 1 aliphatic heterocycles. The van der Waals surface area contributed by atoms with Crippen molar-refractivity contribution < 1.29 is 4.74 Å². The van der Waals surface area contributed by atoms with Gasteiger partial charge in [-0.3, -0.25) is 9.88 Å². The maximum Gasteiger partial charge on any atom is 0.0564 e. The lowest BCUT2D eigenvalue weighted by atomic mass is 9.99. The van der Waals surface area contributed by atoms with Crippen molar-refractivity contribution in [1.29, 1.82) is 0 Å². The van der Waals surface area contributed by atoms with Gasteiger partial charge in [0.05, 0.1) is 12.3 Å². The van der Waals surface area contributed by atoms with Crippen molar-refractivity contribution in [3.63, 3.8) is 0 Å². The van der Waals surface area contributed by atoms with Crippen LogP contribution in [0.15, 0.2) is 18.3 Å². The zero-order valence-corrected chi connectivity index (χ0v) is 12.1. The molecule has 4 nitrogen and oxygen atoms in total. The first-order chi connectivity index (χ1) is 9.31. The van der Waals surface area contributed by atoms with E-state index in [1.807, 2.05) is 12.3 Å². The van der Waals surface area contributed by atoms with Crippen LogP contribution in [0.2, 0.25) is 0 Å². The van der Waals surface area contributed by atoms with Gasteiger partial charge in [0.15, 0.2) is 0 Å². The number of aromatic nitrogens is 1. The Morgan fingerprint density at radius 3 is 3.21 bits per heavy atom. The predicted octanol–water partition coefficient (Wildman–Crippen LogP) is 2.37. The largest absolute Gasteiger partial charge is 0.385 e. The second-order valence-corrected chi connectivity index (χ2v) is 5.26. The fourth-order valence-corrected chi connectivity index (χ4v) is 2.77. The summed E-state index contributed by atoms with van der Waals surface area (Å²) >= 11 is 0. The summed E-state index contributed by atoms with van der Waals surface area (Å²) in [5, 5.41) is 3.34. The molecule has 106 valence electrons. The number of hydrogen-bond donors (Lipinski definition) is 1. The molecule has 1 atom stereocenters. The number of anilines is 1. The number of likely N-dealkylation sites (tertiary alicyclic amines) is 1. The van der Waals surface area contributed by atoms with Crippen molar-refractivity contribution in [2.24, 2.45) is 5.92 Å². The molecule has 0 saturated carbocycles. The van der Waals surface area contributed by atoms with E-state index < -0.39 is 0 Å². The Morgan fingerprint density at radius 2 is 2.42 bits per heavy atom. The van der Waals surface area contributed by atoms with Crippen LogP contribution in [0, 0.1) is 5.92 Å². The summed E-state index contributed by atoms with van der Waals surface area (Å²) in [6.45, 7) is 7.18. The SMILES string of the molecule is CCNc1ccnc(CN2CCCC(COC)C2)c1. The highest BCUT2D eigenvalue weighted by atomic mass is 16.5. The lowest BCUT2D eigenvalue weighted by molar-refractivity contribution is 0.0868. The number of piperidine rings is 1. The summed E-state index contributed by atoms with van der Waals surface area (Å²) in [6.07, 6.45) is 4.44. The van der Waals surface area contributed by atoms with Crippen LogP contribution in [0.5, 0.6) is 0 Å². The Kier molecular flexibility index (Phi) is 5.61. The standard InChI is InChI=1S/C15H25N3O/c1-3-16-14-6-7-17-15(9-14)11-18-8-4-5-13(10-18)12-19-2/h6-7,9,13H,3-5,8,10-12H2,1-2H3,(H,16,17). The van der Waals surface area contributed by atoms with Crippen LogP contribution in [0.1, 0.15) is 25.5 Å². The quantitative estimate of drug-likeness (QED) is 0.855. The summed E-state index contributed by atoms with van der Waals surface area (Å²) in [5.74, 6) is 0.677. The van der Waals surface area contributed by atoms with E-state index in [2.05, 4.69) is 28.2 Å². The summed E-state index contributed by atoms with van der Waals surface area (Å²) in [7, 11) is 1.79. The van der Waals surface area contributed by atoms with Gasteiger partial charge in [0, 0.05) is 38.6 Å². The second-order valence-electron chi connectivity index (χ2n) is 5.26. The highest BCUT2D eigenvalue weighted by Crippen LogP contribution is 2.19. The molecule has 19 heavy (non-hydrogen) atoms. The molecule has 1 aromatic heterocycles. The predicted molar refractivity (Wildman–Crippen MR) is 78.3 cm³/mol. The molecule has 0 amide bonds. The van der Waals surface area contributed by atoms with E-state index in [0.29, 0.717) is 5.92 Å². The maximum atomic E-state index is 5.28. The van der Waals surface area contributed by atoms with Crippen LogP contribution in [0.3, 0.4) is 0 Å². The number of nitrogens with one attached hydrogen (secondary N) is 1. The van der Waals surface area contributed by atoms with E-state index >= 15 is 0 Å². The third-order valence-corrected chi connectivity index (χ3v) is 3.59. The molecule has 2 heterocycles. The van der Waals surface area contributed by atoms with Gasteiger partial charge in [-0.1, -0.05) is 0 Å². The fourth-order valence-electron chi connectivity index (χ4n) is 2.77. The molecule has 0 aliphatic carbocycles. The minimum atomic E-state index is 0.677. The molecule has 1 aromatic rings. The van der Waals surface area contributed by atoms with Crippen LogP contribution < -0.4 is 5.32 Å². The third kappa shape index (κ3) is 4.48. The Hall–Kier alpha value is -1.13. The van der Waals surface area contributed by atoms with Gasteiger partial charge < -0.3 is 10.1 Å². The number of ether oxygens (including phenoxy) is 1. The number of methoxy groups -OCH3 is 1. The van der Waals surface area contributed by atoms with Crippen molar-refractivity contribution in [2.45, 2.75) is 26.3 Å². The Bertz CT molecular complexity index is 381. The van der Waals surface area contributed by atoms with E-state index in [4.69, 9.17) is 4.74 Å². The van der Waals surface area contributed by atoms with Gasteiger partial charge in [-0.15, -0.1) is 0 Å². The molecule has 1 N–H and O–H groups in total. The van der Waals surface area contributed by atoms with Crippen molar-refractivity contribution in [3.8, 4) is 0 Å². The van der Waals surface area contributed by atoms with Crippen molar-refractivity contribution >= 4 is 5.69 Å². The van der Waals surface area contributed by atoms with Gasteiger partial charge in [0.25, 0.3) is 0 Å². The smallest absolute Gasteiger partial charge is 0.0564 e. The lowest BCUT2D eigenvalue weighted by Gasteiger charge is -2.32. The van der Waals surface area contributed by atoms with Crippen LogP contribution >= 0.6 is 0 Å². The van der Waals surface area contributed by atoms with E-state index in [1.54, 1.807) is 7.11 Å². The Balaban J connectivity index is 1.90. The Morgan fingerprint density at radius 1 is 1.53 bits per heavy atom. The van der Waals surface area contributed by atoms with Gasteiger partial charge in [-0.2, -0.15) is 0 Å². The van der Waals surface area contributed by atoms with Gasteiger partial charge in [-0.25, -0.2) is 0 Å². The van der Waals surface area contributed by atoms with Crippen LogP contribution in [-0.4, -0.2) is 43.2 Å². The van der Waals surface area contributed by atoms with Crippen LogP contribution in [-0.2, 0) is 11.3 Å². The van der Waals surface area contributed by atoms with Crippen LogP contribution in [0.25, 0.3) is 0 Å². The molecule has 0 bridgehead atoms. The molecule has 0 radical (unpaired) electrons. The van der Waals surface area contributed by atoms with Crippen molar-refractivity contribution in [1.82, 2.24) is 9.88 Å². The second kappa shape index (κ2) is 7.46. The molecule has 1 saturated heterocycles. The summed E-state index contributed by atoms with van der Waals surface area (Å²) < 4.78 is 5.28. The van der Waals surface area contributed by atoms with E-state index in [9.17, 15) is 0 Å². The van der Waals surface area contributed by atoms with Gasteiger partial charge in [-0.05, 0) is 44.4 Å². The average molecular weight is 263 g/mol. The molecule has 1 aliphatic rings. The average Bonchev–Trinajstić information content (AvgIpc) is 2.40. The molecular formula is C15H25N3O. The van der Waals surface area contributed by atoms with Gasteiger partial charge >= 0.3 is 0 Å². The number of hydrogen-bond acceptors (Lipinski definition) is 4. The number of nitrogens with zero attached hydrogens (tertiary/aromatic N) is 2. The minimum absolute atomic E-state index is 0.677. The zero-order chi connectivity index (χ0) is 13.5. The third-order valence-electron chi connectivity index (χ3n) is 3.59. The van der Waals surface area contributed by atoms with Gasteiger partial charge in [0.1, 0.15) is 0 Å². The summed E-state index contributed by atoms with van der Waals surface area (Å²) in [6, 6.07) is 4.18. The van der Waals surface area contributed by atoms with Crippen LogP contribution in [0.4, 0.5) is 5.69 Å². The van der Waals surface area contributed by atoms with E-state index in [0.717, 1.165) is 37.6 Å². The molecule has 1 unspecified atom stereocenters. The molecule has 2 rings (SSSR count). The van der Waals surface area contributed by atoms with E-state index in [1.165, 1.54) is 19.4 Å². The van der Waals surface area contributed by atoms with Crippen molar-refractivity contribution in [2.75, 3.05) is 38.7 Å². The maximum absolute atomic E-state index is 5.28. The lowest BCUT2D eigenvalue weighted by Crippen LogP contribution is -2.36. The summed E-state index contributed by atoms with van der Waals surface area (Å²) in [5.41, 5.74) is 2.31. The number of rotatable bonds is 6. The normalized spacial score (nSPS) is 20.4. The van der Waals surface area contributed by atoms with Crippen molar-refractivity contribution in [3.05, 3.63) is 24.0 Å². The monoisotopic (exact) mass is 263 g/mol. The summed E-state index contributed by atoms with van der Waals surface area (Å²) in [4.78, 5) is 6.97. The molecule has 1 fully saturated rings. The first-order valence-corrected chi connectivity index (χ1v) is 7.22. The molecule has 4 heteroatoms. The highest BCUT2D eigenvalue weighted by molar-refractivity contribution is 5.42. The van der Waals surface area contributed by atoms with E-state index in [-0.39, 0.29) is 0 Å².